The van der Waals surface area contributed by atoms with E-state index in [2.05, 4.69) is 9.71 Å². The lowest BCUT2D eigenvalue weighted by molar-refractivity contribution is -0.149. The summed E-state index contributed by atoms with van der Waals surface area (Å²) in [7, 11) is -4.28. The van der Waals surface area contributed by atoms with E-state index in [1.165, 1.54) is 46.6 Å². The van der Waals surface area contributed by atoms with E-state index in [1.54, 1.807) is 31.2 Å². The Morgan fingerprint density at radius 2 is 1.85 bits per heavy atom. The normalized spacial score (nSPS) is 12.1. The fraction of sp³-hybridized carbons (Fsp3) is 0.276. The zero-order valence-electron chi connectivity index (χ0n) is 22.7. The summed E-state index contributed by atoms with van der Waals surface area (Å²) in [6.45, 7) is 3.80. The number of amides is 1. The highest BCUT2D eigenvalue weighted by Gasteiger charge is 2.34. The smallest absolute Gasteiger partial charge is 0.325 e. The molecule has 1 atom stereocenters. The number of aromatic nitrogens is 1. The molecule has 0 aliphatic heterocycles. The molecule has 1 amide bonds. The van der Waals surface area contributed by atoms with Crippen molar-refractivity contribution in [1.29, 1.82) is 0 Å². The van der Waals surface area contributed by atoms with Gasteiger partial charge in [-0.2, -0.15) is 4.72 Å². The number of sulfonamides is 1. The summed E-state index contributed by atoms with van der Waals surface area (Å²) in [6.07, 6.45) is 0.700. The van der Waals surface area contributed by atoms with E-state index >= 15 is 0 Å². The first-order valence-electron chi connectivity index (χ1n) is 13.1. The number of carbonyl (C=O) groups is 2. The third kappa shape index (κ3) is 7.60. The average Bonchev–Trinajstić information content (AvgIpc) is 3.47. The molecule has 0 saturated carbocycles. The largest absolute Gasteiger partial charge is 0.493 e. The quantitative estimate of drug-likeness (QED) is 0.223. The summed E-state index contributed by atoms with van der Waals surface area (Å²) >= 11 is 1.41. The lowest BCUT2D eigenvalue weighted by Crippen LogP contribution is -2.44. The average molecular weight is 598 g/mol. The van der Waals surface area contributed by atoms with Gasteiger partial charge >= 0.3 is 5.97 Å². The minimum atomic E-state index is -4.28. The van der Waals surface area contributed by atoms with Crippen molar-refractivity contribution >= 4 is 44.1 Å². The van der Waals surface area contributed by atoms with Crippen LogP contribution in [0.5, 0.6) is 5.75 Å². The second-order valence-corrected chi connectivity index (χ2v) is 11.8. The molecule has 216 valence electrons. The fourth-order valence-electron chi connectivity index (χ4n) is 4.18. The number of nitrogens with zero attached hydrogens (tertiary/aromatic N) is 1. The van der Waals surface area contributed by atoms with Gasteiger partial charge in [0.05, 0.1) is 24.7 Å². The fourth-order valence-corrected chi connectivity index (χ4v) is 6.10. The number of carbonyl (C=O) groups excluding carboxylic acids is 2. The maximum Gasteiger partial charge on any atom is 0.325 e. The molecule has 0 spiro atoms. The van der Waals surface area contributed by atoms with Gasteiger partial charge in [-0.1, -0.05) is 31.2 Å². The molecule has 4 aromatic rings. The van der Waals surface area contributed by atoms with Crippen LogP contribution >= 0.6 is 11.3 Å². The topological polar surface area (TPSA) is 135 Å². The van der Waals surface area contributed by atoms with Crippen LogP contribution in [0.15, 0.2) is 81.8 Å². The molecule has 2 aromatic heterocycles. The Labute approximate surface area is 242 Å². The monoisotopic (exact) mass is 597 g/mol. The number of pyridine rings is 1. The van der Waals surface area contributed by atoms with Crippen LogP contribution in [0.1, 0.15) is 36.8 Å². The number of nitrogens with one attached hydrogen (secondary N) is 2. The number of para-hydroxylation sites is 1. The van der Waals surface area contributed by atoms with Crippen molar-refractivity contribution in [3.63, 3.8) is 0 Å². The second kappa shape index (κ2) is 13.6. The van der Waals surface area contributed by atoms with Crippen LogP contribution in [0.3, 0.4) is 0 Å². The molecule has 0 radical (unpaired) electrons. The summed E-state index contributed by atoms with van der Waals surface area (Å²) < 4.78 is 41.0. The molecule has 41 heavy (non-hydrogen) atoms. The van der Waals surface area contributed by atoms with Gasteiger partial charge in [0.25, 0.3) is 0 Å². The van der Waals surface area contributed by atoms with E-state index in [0.29, 0.717) is 35.2 Å². The van der Waals surface area contributed by atoms with E-state index in [4.69, 9.17) is 9.47 Å². The zero-order chi connectivity index (χ0) is 29.4. The molecule has 2 heterocycles. The SMILES string of the molecule is CCCOc1ccccc1[C@H](NS(=O)(=O)c1ccc2[nH]c(=O)ccc2c1)C(=O)N(CC(=O)OCC)Cc1cccs1. The van der Waals surface area contributed by atoms with Crippen LogP contribution in [0, 0.1) is 0 Å². The van der Waals surface area contributed by atoms with Crippen LogP contribution in [0.4, 0.5) is 0 Å². The maximum absolute atomic E-state index is 14.2. The minimum Gasteiger partial charge on any atom is -0.493 e. The van der Waals surface area contributed by atoms with E-state index in [9.17, 15) is 22.8 Å². The molecule has 4 rings (SSSR count). The van der Waals surface area contributed by atoms with Crippen molar-refractivity contribution in [1.82, 2.24) is 14.6 Å². The number of ether oxygens (including phenoxy) is 2. The molecule has 0 saturated heterocycles. The van der Waals surface area contributed by atoms with Gasteiger partial charge < -0.3 is 19.4 Å². The molecule has 0 aliphatic rings. The van der Waals surface area contributed by atoms with Crippen molar-refractivity contribution in [3.8, 4) is 5.75 Å². The van der Waals surface area contributed by atoms with Crippen LogP contribution in [0.25, 0.3) is 10.9 Å². The number of hydrogen-bond donors (Lipinski definition) is 2. The highest BCUT2D eigenvalue weighted by molar-refractivity contribution is 7.89. The molecule has 12 heteroatoms. The van der Waals surface area contributed by atoms with Gasteiger partial charge in [-0.15, -0.1) is 11.3 Å². The van der Waals surface area contributed by atoms with Crippen LogP contribution < -0.4 is 15.0 Å². The molecule has 10 nitrogen and oxygen atoms in total. The molecular weight excluding hydrogens is 566 g/mol. The van der Waals surface area contributed by atoms with Gasteiger partial charge in [-0.25, -0.2) is 8.42 Å². The number of hydrogen-bond acceptors (Lipinski definition) is 8. The number of H-pyrrole nitrogens is 1. The van der Waals surface area contributed by atoms with Gasteiger partial charge in [0, 0.05) is 22.0 Å². The van der Waals surface area contributed by atoms with Gasteiger partial charge in [-0.3, -0.25) is 14.4 Å². The number of fused-ring (bicyclic) bond motifs is 1. The number of benzene rings is 2. The highest BCUT2D eigenvalue weighted by atomic mass is 32.2. The number of rotatable bonds is 13. The Balaban J connectivity index is 1.77. The Hall–Kier alpha value is -4.00. The summed E-state index contributed by atoms with van der Waals surface area (Å²) in [5.41, 5.74) is 0.464. The Bertz CT molecular complexity index is 1670. The van der Waals surface area contributed by atoms with Crippen LogP contribution in [-0.2, 0) is 30.9 Å². The predicted molar refractivity (Wildman–Crippen MR) is 156 cm³/mol. The number of aromatic amines is 1. The number of esters is 1. The Morgan fingerprint density at radius 1 is 1.05 bits per heavy atom. The molecule has 2 N–H and O–H groups in total. The maximum atomic E-state index is 14.2. The Kier molecular flexibility index (Phi) is 9.92. The molecular formula is C29H31N3O7S2. The van der Waals surface area contributed by atoms with Crippen LogP contribution in [-0.4, -0.2) is 49.9 Å². The van der Waals surface area contributed by atoms with Crippen molar-refractivity contribution in [2.75, 3.05) is 19.8 Å². The summed E-state index contributed by atoms with van der Waals surface area (Å²) in [5.74, 6) is -0.913. The van der Waals surface area contributed by atoms with E-state index in [-0.39, 0.29) is 30.2 Å². The summed E-state index contributed by atoms with van der Waals surface area (Å²) in [5, 5.41) is 2.35. The first-order chi connectivity index (χ1) is 19.7. The lowest BCUT2D eigenvalue weighted by atomic mass is 10.0. The van der Waals surface area contributed by atoms with Gasteiger partial charge in [0.15, 0.2) is 0 Å². The van der Waals surface area contributed by atoms with Crippen molar-refractivity contribution in [2.24, 2.45) is 0 Å². The van der Waals surface area contributed by atoms with Gasteiger partial charge in [-0.05, 0) is 60.5 Å². The molecule has 0 unspecified atom stereocenters. The molecule has 0 aliphatic carbocycles. The molecule has 2 aromatic carbocycles. The Morgan fingerprint density at radius 3 is 2.59 bits per heavy atom. The molecule has 0 bridgehead atoms. The summed E-state index contributed by atoms with van der Waals surface area (Å²) in [4.78, 5) is 43.0. The first-order valence-corrected chi connectivity index (χ1v) is 15.4. The third-order valence-electron chi connectivity index (χ3n) is 6.08. The summed E-state index contributed by atoms with van der Waals surface area (Å²) in [6, 6.07) is 16.0. The van der Waals surface area contributed by atoms with Crippen molar-refractivity contribution in [3.05, 3.63) is 92.9 Å². The first kappa shape index (κ1) is 30.0. The van der Waals surface area contributed by atoms with E-state index in [0.717, 1.165) is 4.88 Å². The molecule has 0 fully saturated rings. The van der Waals surface area contributed by atoms with Gasteiger partial charge in [0.2, 0.25) is 21.5 Å². The van der Waals surface area contributed by atoms with Crippen molar-refractivity contribution < 1.29 is 27.5 Å². The predicted octanol–water partition coefficient (Wildman–Crippen LogP) is 3.99. The van der Waals surface area contributed by atoms with Gasteiger partial charge in [0.1, 0.15) is 18.3 Å². The number of thiophene rings is 1. The zero-order valence-corrected chi connectivity index (χ0v) is 24.3. The highest BCUT2D eigenvalue weighted by Crippen LogP contribution is 2.30. The van der Waals surface area contributed by atoms with E-state index in [1.807, 2.05) is 24.4 Å². The standard InChI is InChI=1S/C29H31N3O7S2/c1-3-15-39-25-10-6-5-9-23(25)28(29(35)32(19-27(34)38-4-2)18-21-8-7-16-40-21)31-41(36,37)22-12-13-24-20(17-22)11-14-26(33)30-24/h5-14,16-17,28,31H,3-4,15,18-19H2,1-2H3,(H,30,33)/t28-/m0/s1. The minimum absolute atomic E-state index is 0.0782. The second-order valence-electron chi connectivity index (χ2n) is 9.09. The van der Waals surface area contributed by atoms with E-state index < -0.39 is 27.9 Å². The van der Waals surface area contributed by atoms with Crippen LogP contribution in [0.2, 0.25) is 0 Å². The lowest BCUT2D eigenvalue weighted by Gasteiger charge is -2.28. The third-order valence-corrected chi connectivity index (χ3v) is 8.36. The van der Waals surface area contributed by atoms with Crippen molar-refractivity contribution in [2.45, 2.75) is 37.8 Å².